The third-order valence-corrected chi connectivity index (χ3v) is 2.34. The maximum absolute atomic E-state index is 11.9. The number of rotatable bonds is 4. The largest absolute Gasteiger partial charge is 0.497 e. The summed E-state index contributed by atoms with van der Waals surface area (Å²) < 4.78 is 5.04. The summed E-state index contributed by atoms with van der Waals surface area (Å²) in [6.07, 6.45) is 5.96. The summed E-state index contributed by atoms with van der Waals surface area (Å²) in [4.78, 5) is 11.9. The predicted octanol–water partition coefficient (Wildman–Crippen LogP) is 1.42. The summed E-state index contributed by atoms with van der Waals surface area (Å²) in [6, 6.07) is 4.58. The number of carbonyl (C=O) groups is 1. The summed E-state index contributed by atoms with van der Waals surface area (Å²) in [7, 11) is 1.52. The van der Waals surface area contributed by atoms with Crippen molar-refractivity contribution in [3.63, 3.8) is 0 Å². The van der Waals surface area contributed by atoms with Gasteiger partial charge in [-0.15, -0.1) is 6.42 Å². The van der Waals surface area contributed by atoms with E-state index in [1.165, 1.54) is 7.11 Å². The van der Waals surface area contributed by atoms with Crippen LogP contribution in [0.15, 0.2) is 18.2 Å². The van der Waals surface area contributed by atoms with Crippen LogP contribution in [0.1, 0.15) is 23.7 Å². The summed E-state index contributed by atoms with van der Waals surface area (Å²) in [5.41, 5.74) is 6.58. The number of hydrogen-bond donors (Lipinski definition) is 2. The van der Waals surface area contributed by atoms with Crippen LogP contribution in [0.5, 0.6) is 5.75 Å². The fourth-order valence-corrected chi connectivity index (χ4v) is 1.37. The molecule has 0 radical (unpaired) electrons. The summed E-state index contributed by atoms with van der Waals surface area (Å²) in [5.74, 6) is 2.80. The fourth-order valence-electron chi connectivity index (χ4n) is 1.37. The molecule has 0 heterocycles. The van der Waals surface area contributed by atoms with Gasteiger partial charge in [0.15, 0.2) is 0 Å². The quantitative estimate of drug-likeness (QED) is 0.609. The lowest BCUT2D eigenvalue weighted by Gasteiger charge is -2.11. The zero-order valence-corrected chi connectivity index (χ0v) is 9.99. The van der Waals surface area contributed by atoms with E-state index in [1.807, 2.05) is 6.92 Å². The van der Waals surface area contributed by atoms with Gasteiger partial charge in [0.2, 0.25) is 0 Å². The number of terminal acetylenes is 1. The number of benzene rings is 1. The molecule has 17 heavy (non-hydrogen) atoms. The number of methoxy groups -OCH3 is 1. The maximum Gasteiger partial charge on any atom is 0.252 e. The van der Waals surface area contributed by atoms with Crippen molar-refractivity contribution < 1.29 is 9.53 Å². The molecule has 4 heteroatoms. The van der Waals surface area contributed by atoms with Crippen LogP contribution in [0.25, 0.3) is 0 Å². The normalized spacial score (nSPS) is 11.4. The van der Waals surface area contributed by atoms with Gasteiger partial charge < -0.3 is 15.8 Å². The first-order valence-electron chi connectivity index (χ1n) is 5.32. The third kappa shape index (κ3) is 3.42. The molecule has 0 saturated heterocycles. The van der Waals surface area contributed by atoms with Crippen LogP contribution < -0.4 is 15.8 Å². The lowest BCUT2D eigenvalue weighted by molar-refractivity contribution is 0.0944. The number of ether oxygens (including phenoxy) is 1. The standard InChI is InChI=1S/C13H16N2O2/c1-4-11(5-2)15-13(16)9-6-10(14)8-12(7-9)17-3/h1,6-8,11H,5,14H2,2-3H3,(H,15,16). The van der Waals surface area contributed by atoms with Gasteiger partial charge in [-0.2, -0.15) is 0 Å². The van der Waals surface area contributed by atoms with E-state index in [2.05, 4.69) is 11.2 Å². The van der Waals surface area contributed by atoms with E-state index < -0.39 is 0 Å². The molecule has 1 atom stereocenters. The maximum atomic E-state index is 11.9. The van der Waals surface area contributed by atoms with Crippen molar-refractivity contribution in [2.75, 3.05) is 12.8 Å². The molecular formula is C13H16N2O2. The number of hydrogen-bond acceptors (Lipinski definition) is 3. The average molecular weight is 232 g/mol. The number of nitrogens with one attached hydrogen (secondary N) is 1. The van der Waals surface area contributed by atoms with Gasteiger partial charge >= 0.3 is 0 Å². The Morgan fingerprint density at radius 2 is 2.29 bits per heavy atom. The van der Waals surface area contributed by atoms with Gasteiger partial charge in [0.05, 0.1) is 13.2 Å². The Labute approximate surface area is 101 Å². The second-order valence-electron chi connectivity index (χ2n) is 3.60. The Balaban J connectivity index is 2.89. The van der Waals surface area contributed by atoms with Crippen LogP contribution in [-0.2, 0) is 0 Å². The molecule has 90 valence electrons. The number of nitrogen functional groups attached to an aromatic ring is 1. The van der Waals surface area contributed by atoms with Gasteiger partial charge in [-0.05, 0) is 18.6 Å². The van der Waals surface area contributed by atoms with Crippen LogP contribution >= 0.6 is 0 Å². The summed E-state index contributed by atoms with van der Waals surface area (Å²) >= 11 is 0. The van der Waals surface area contributed by atoms with Crippen LogP contribution in [-0.4, -0.2) is 19.1 Å². The molecule has 0 saturated carbocycles. The van der Waals surface area contributed by atoms with Gasteiger partial charge in [-0.3, -0.25) is 4.79 Å². The predicted molar refractivity (Wildman–Crippen MR) is 67.8 cm³/mol. The lowest BCUT2D eigenvalue weighted by atomic mass is 10.1. The molecule has 0 aliphatic rings. The highest BCUT2D eigenvalue weighted by molar-refractivity contribution is 5.95. The molecule has 0 aromatic heterocycles. The highest BCUT2D eigenvalue weighted by atomic mass is 16.5. The highest BCUT2D eigenvalue weighted by Gasteiger charge is 2.11. The topological polar surface area (TPSA) is 64.4 Å². The van der Waals surface area contributed by atoms with Crippen molar-refractivity contribution in [1.82, 2.24) is 5.32 Å². The van der Waals surface area contributed by atoms with E-state index >= 15 is 0 Å². The average Bonchev–Trinajstić information content (AvgIpc) is 2.34. The van der Waals surface area contributed by atoms with Crippen LogP contribution in [0.2, 0.25) is 0 Å². The Morgan fingerprint density at radius 1 is 1.59 bits per heavy atom. The smallest absolute Gasteiger partial charge is 0.252 e. The van der Waals surface area contributed by atoms with Gasteiger partial charge in [0, 0.05) is 17.3 Å². The molecule has 1 amide bonds. The zero-order chi connectivity index (χ0) is 12.8. The van der Waals surface area contributed by atoms with Gasteiger partial charge in [0.25, 0.3) is 5.91 Å². The summed E-state index contributed by atoms with van der Waals surface area (Å²) in [5, 5.41) is 2.73. The number of carbonyl (C=O) groups excluding carboxylic acids is 1. The van der Waals surface area contributed by atoms with Gasteiger partial charge in [-0.25, -0.2) is 0 Å². The fraction of sp³-hybridized carbons (Fsp3) is 0.308. The van der Waals surface area contributed by atoms with E-state index in [-0.39, 0.29) is 11.9 Å². The second kappa shape index (κ2) is 5.80. The number of nitrogens with two attached hydrogens (primary N) is 1. The summed E-state index contributed by atoms with van der Waals surface area (Å²) in [6.45, 7) is 1.91. The minimum atomic E-state index is -0.269. The second-order valence-corrected chi connectivity index (χ2v) is 3.60. The molecular weight excluding hydrogens is 216 g/mol. The molecule has 1 rings (SSSR count). The van der Waals surface area contributed by atoms with Crippen molar-refractivity contribution in [3.05, 3.63) is 23.8 Å². The van der Waals surface area contributed by atoms with Crippen molar-refractivity contribution in [1.29, 1.82) is 0 Å². The first-order valence-corrected chi connectivity index (χ1v) is 5.32. The van der Waals surface area contributed by atoms with E-state index in [1.54, 1.807) is 18.2 Å². The number of anilines is 1. The molecule has 4 nitrogen and oxygen atoms in total. The lowest BCUT2D eigenvalue weighted by Crippen LogP contribution is -2.33. The molecule has 1 aromatic rings. The van der Waals surface area contributed by atoms with E-state index in [0.29, 0.717) is 23.4 Å². The molecule has 0 fully saturated rings. The third-order valence-electron chi connectivity index (χ3n) is 2.34. The molecule has 1 aromatic carbocycles. The van der Waals surface area contributed by atoms with E-state index in [0.717, 1.165) is 0 Å². The highest BCUT2D eigenvalue weighted by Crippen LogP contribution is 2.18. The monoisotopic (exact) mass is 232 g/mol. The Kier molecular flexibility index (Phi) is 4.41. The molecule has 0 aliphatic heterocycles. The Bertz CT molecular complexity index is 449. The molecule has 1 unspecified atom stereocenters. The Hall–Kier alpha value is -2.15. The molecule has 0 bridgehead atoms. The molecule has 0 aliphatic carbocycles. The van der Waals surface area contributed by atoms with Crippen LogP contribution in [0.3, 0.4) is 0 Å². The van der Waals surface area contributed by atoms with Crippen molar-refractivity contribution in [2.24, 2.45) is 0 Å². The molecule has 3 N–H and O–H groups in total. The SMILES string of the molecule is C#CC(CC)NC(=O)c1cc(N)cc(OC)c1. The van der Waals surface area contributed by atoms with Gasteiger partial charge in [-0.1, -0.05) is 12.8 Å². The van der Waals surface area contributed by atoms with E-state index in [4.69, 9.17) is 16.9 Å². The Morgan fingerprint density at radius 3 is 2.82 bits per heavy atom. The van der Waals surface area contributed by atoms with Crippen LogP contribution in [0, 0.1) is 12.3 Å². The minimum absolute atomic E-state index is 0.250. The van der Waals surface area contributed by atoms with Crippen molar-refractivity contribution >= 4 is 11.6 Å². The van der Waals surface area contributed by atoms with Crippen LogP contribution in [0.4, 0.5) is 5.69 Å². The zero-order valence-electron chi connectivity index (χ0n) is 9.99. The van der Waals surface area contributed by atoms with Crippen molar-refractivity contribution in [2.45, 2.75) is 19.4 Å². The number of amides is 1. The first kappa shape index (κ1) is 12.9. The van der Waals surface area contributed by atoms with Gasteiger partial charge in [0.1, 0.15) is 5.75 Å². The molecule has 0 spiro atoms. The van der Waals surface area contributed by atoms with Crippen molar-refractivity contribution in [3.8, 4) is 18.1 Å². The minimum Gasteiger partial charge on any atom is -0.497 e. The van der Waals surface area contributed by atoms with E-state index in [9.17, 15) is 4.79 Å². The first-order chi connectivity index (χ1) is 8.10.